The number of aromatic amines is 1. The summed E-state index contributed by atoms with van der Waals surface area (Å²) in [6, 6.07) is 20.2. The predicted molar refractivity (Wildman–Crippen MR) is 124 cm³/mol. The Morgan fingerprint density at radius 3 is 2.44 bits per heavy atom. The number of fused-ring (bicyclic) bond motifs is 2. The van der Waals surface area contributed by atoms with Crippen LogP contribution in [0.25, 0.3) is 33.5 Å². The number of aliphatic hydroxyl groups excluding tert-OH is 1. The first kappa shape index (κ1) is 20.9. The number of H-pyrrole nitrogens is 1. The van der Waals surface area contributed by atoms with Gasteiger partial charge in [0.2, 0.25) is 0 Å². The summed E-state index contributed by atoms with van der Waals surface area (Å²) in [4.78, 5) is 11.6. The predicted octanol–water partition coefficient (Wildman–Crippen LogP) is 4.06. The minimum absolute atomic E-state index is 0.0231. The van der Waals surface area contributed by atoms with E-state index in [1.807, 2.05) is 30.3 Å². The van der Waals surface area contributed by atoms with Gasteiger partial charge in [-0.3, -0.25) is 0 Å². The lowest BCUT2D eigenvalue weighted by atomic mass is 10.0. The zero-order chi connectivity index (χ0) is 22.1. The van der Waals surface area contributed by atoms with Crippen molar-refractivity contribution in [2.45, 2.75) is 24.7 Å². The molecule has 2 saturated heterocycles. The van der Waals surface area contributed by atoms with E-state index in [1.165, 1.54) is 5.56 Å². The van der Waals surface area contributed by atoms with Gasteiger partial charge in [-0.1, -0.05) is 66.2 Å². The molecule has 4 N–H and O–H groups in total. The molecule has 0 bridgehead atoms. The lowest BCUT2D eigenvalue weighted by Gasteiger charge is -2.08. The van der Waals surface area contributed by atoms with E-state index in [1.54, 1.807) is 6.07 Å². The molecule has 0 saturated carbocycles. The molecule has 2 fully saturated rings. The number of imidazole rings is 1. The molecule has 2 aromatic heterocycles. The summed E-state index contributed by atoms with van der Waals surface area (Å²) in [6.07, 6.45) is 0.726. The fourth-order valence-corrected chi connectivity index (χ4v) is 4.30. The van der Waals surface area contributed by atoms with Gasteiger partial charge in [-0.05, 0) is 23.6 Å². The highest BCUT2D eigenvalue weighted by molar-refractivity contribution is 6.33. The summed E-state index contributed by atoms with van der Waals surface area (Å²) in [7, 11) is 0. The number of aromatic nitrogens is 3. The number of hydrogen-bond donors (Lipinski definition) is 3. The third kappa shape index (κ3) is 4.20. The van der Waals surface area contributed by atoms with Crippen LogP contribution in [0, 0.1) is 0 Å². The Hall–Kier alpha value is -2.97. The quantitative estimate of drug-likeness (QED) is 0.425. The van der Waals surface area contributed by atoms with Crippen LogP contribution in [0.5, 0.6) is 0 Å². The Morgan fingerprint density at radius 1 is 0.969 bits per heavy atom. The maximum Gasteiger partial charge on any atom is 0.200 e. The van der Waals surface area contributed by atoms with Gasteiger partial charge in [0.25, 0.3) is 0 Å². The van der Waals surface area contributed by atoms with Gasteiger partial charge in [0, 0.05) is 12.2 Å². The van der Waals surface area contributed by atoms with Crippen LogP contribution in [-0.4, -0.2) is 51.6 Å². The number of ether oxygens (including phenoxy) is 2. The molecule has 2 aliphatic heterocycles. The fraction of sp³-hybridized carbons (Fsp3) is 0.250. The van der Waals surface area contributed by atoms with Crippen LogP contribution in [0.3, 0.4) is 0 Å². The van der Waals surface area contributed by atoms with Crippen LogP contribution < -0.4 is 5.73 Å². The minimum Gasteiger partial charge on any atom is -0.388 e. The maximum absolute atomic E-state index is 9.15. The molecule has 32 heavy (non-hydrogen) atoms. The van der Waals surface area contributed by atoms with Crippen molar-refractivity contribution in [1.29, 1.82) is 0 Å². The molecule has 0 amide bonds. The van der Waals surface area contributed by atoms with Gasteiger partial charge >= 0.3 is 0 Å². The monoisotopic (exact) mass is 450 g/mol. The summed E-state index contributed by atoms with van der Waals surface area (Å²) >= 11 is 6.35. The van der Waals surface area contributed by atoms with Crippen molar-refractivity contribution < 1.29 is 14.6 Å². The number of benzene rings is 2. The van der Waals surface area contributed by atoms with Crippen molar-refractivity contribution in [3.63, 3.8) is 0 Å². The van der Waals surface area contributed by atoms with Gasteiger partial charge in [-0.15, -0.1) is 0 Å². The second-order valence-corrected chi connectivity index (χ2v) is 8.23. The number of nitrogens with one attached hydrogen (secondary N) is 1. The number of aliphatic hydroxyl groups is 1. The highest BCUT2D eigenvalue weighted by atomic mass is 35.5. The van der Waals surface area contributed by atoms with Crippen molar-refractivity contribution in [1.82, 2.24) is 15.0 Å². The van der Waals surface area contributed by atoms with Gasteiger partial charge in [-0.2, -0.15) is 4.98 Å². The molecule has 4 aromatic rings. The molecular weight excluding hydrogens is 428 g/mol. The van der Waals surface area contributed by atoms with E-state index in [2.05, 4.69) is 39.2 Å². The van der Waals surface area contributed by atoms with E-state index in [0.717, 1.165) is 29.7 Å². The SMILES string of the molecule is Nc1nc2nc(-c3ccc(-c4ccccc4)cc3)c(Cl)cc2[nH]1.OC1CO[C@@H]2CCO[C@H]12. The van der Waals surface area contributed by atoms with Gasteiger partial charge in [-0.25, -0.2) is 4.98 Å². The average molecular weight is 451 g/mol. The number of nitrogens with two attached hydrogens (primary N) is 1. The van der Waals surface area contributed by atoms with E-state index < -0.39 is 0 Å². The van der Waals surface area contributed by atoms with Crippen molar-refractivity contribution in [3.05, 3.63) is 65.7 Å². The van der Waals surface area contributed by atoms with E-state index >= 15 is 0 Å². The van der Waals surface area contributed by atoms with Crippen molar-refractivity contribution in [2.75, 3.05) is 18.9 Å². The number of nitrogens with zero attached hydrogens (tertiary/aromatic N) is 2. The summed E-state index contributed by atoms with van der Waals surface area (Å²) in [5, 5.41) is 9.71. The van der Waals surface area contributed by atoms with Crippen molar-refractivity contribution in [2.24, 2.45) is 0 Å². The normalized spacial score (nSPS) is 21.9. The highest BCUT2D eigenvalue weighted by Gasteiger charge is 2.40. The first-order chi connectivity index (χ1) is 15.6. The molecule has 0 radical (unpaired) electrons. The number of halogens is 1. The van der Waals surface area contributed by atoms with E-state index in [0.29, 0.717) is 28.9 Å². The maximum atomic E-state index is 9.15. The van der Waals surface area contributed by atoms with Crippen LogP contribution in [0.1, 0.15) is 6.42 Å². The average Bonchev–Trinajstić information content (AvgIpc) is 3.51. The van der Waals surface area contributed by atoms with Crippen LogP contribution >= 0.6 is 11.6 Å². The Morgan fingerprint density at radius 2 is 1.69 bits per heavy atom. The zero-order valence-corrected chi connectivity index (χ0v) is 18.0. The molecule has 0 spiro atoms. The molecule has 7 nitrogen and oxygen atoms in total. The van der Waals surface area contributed by atoms with E-state index in [4.69, 9.17) is 31.9 Å². The van der Waals surface area contributed by atoms with Gasteiger partial charge in [0.1, 0.15) is 12.2 Å². The molecule has 2 aliphatic rings. The smallest absolute Gasteiger partial charge is 0.200 e. The molecule has 0 aliphatic carbocycles. The van der Waals surface area contributed by atoms with Crippen LogP contribution in [0.15, 0.2) is 60.7 Å². The second kappa shape index (κ2) is 8.88. The van der Waals surface area contributed by atoms with E-state index in [-0.39, 0.29) is 18.3 Å². The zero-order valence-electron chi connectivity index (χ0n) is 17.2. The molecule has 1 unspecified atom stereocenters. The molecule has 2 aromatic carbocycles. The second-order valence-electron chi connectivity index (χ2n) is 7.82. The largest absolute Gasteiger partial charge is 0.388 e. The Bertz CT molecular complexity index is 1210. The van der Waals surface area contributed by atoms with Gasteiger partial charge in [0.15, 0.2) is 11.6 Å². The molecule has 3 atom stereocenters. The Kier molecular flexibility index (Phi) is 5.80. The molecule has 8 heteroatoms. The molecule has 6 rings (SSSR count). The number of hydrogen-bond acceptors (Lipinski definition) is 6. The van der Waals surface area contributed by atoms with Crippen LogP contribution in [-0.2, 0) is 9.47 Å². The number of anilines is 1. The Labute approximate surface area is 190 Å². The third-order valence-electron chi connectivity index (χ3n) is 5.65. The fourth-order valence-electron chi connectivity index (χ4n) is 4.04. The first-order valence-electron chi connectivity index (χ1n) is 10.5. The van der Waals surface area contributed by atoms with Crippen molar-refractivity contribution in [3.8, 4) is 22.4 Å². The van der Waals surface area contributed by atoms with E-state index in [9.17, 15) is 0 Å². The van der Waals surface area contributed by atoms with Gasteiger partial charge < -0.3 is 25.3 Å². The number of nitrogen functional groups attached to an aromatic ring is 1. The van der Waals surface area contributed by atoms with Crippen LogP contribution in [0.4, 0.5) is 5.95 Å². The third-order valence-corrected chi connectivity index (χ3v) is 5.94. The number of pyridine rings is 1. The molecular formula is C24H23ClN4O3. The summed E-state index contributed by atoms with van der Waals surface area (Å²) in [6.45, 7) is 1.20. The number of rotatable bonds is 2. The minimum atomic E-state index is -0.377. The first-order valence-corrected chi connectivity index (χ1v) is 10.8. The van der Waals surface area contributed by atoms with Crippen molar-refractivity contribution >= 4 is 28.7 Å². The Balaban J connectivity index is 0.000000199. The topological polar surface area (TPSA) is 106 Å². The highest BCUT2D eigenvalue weighted by Crippen LogP contribution is 2.30. The standard InChI is InChI=1S/C18H13ClN4.C6H10O3/c19-14-10-15-17(23-18(20)21-15)22-16(14)13-8-6-12(7-9-13)11-4-2-1-3-5-11;7-4-3-9-5-1-2-8-6(4)5/h1-10H,(H3,20,21,22,23);4-7H,1-3H2/t;4?,5-,6-/m.1/s1. The summed E-state index contributed by atoms with van der Waals surface area (Å²) in [5.74, 6) is 0.333. The van der Waals surface area contributed by atoms with Crippen LogP contribution in [0.2, 0.25) is 5.02 Å². The lowest BCUT2D eigenvalue weighted by Crippen LogP contribution is -2.26. The summed E-state index contributed by atoms with van der Waals surface area (Å²) < 4.78 is 10.4. The lowest BCUT2D eigenvalue weighted by molar-refractivity contribution is 0.0187. The molecule has 4 heterocycles. The summed E-state index contributed by atoms with van der Waals surface area (Å²) in [5.41, 5.74) is 10.9. The molecule has 164 valence electrons. The van der Waals surface area contributed by atoms with Gasteiger partial charge in [0.05, 0.1) is 28.9 Å².